The molecular weight excluding hydrogens is 308 g/mol. The predicted molar refractivity (Wildman–Crippen MR) is 70.9 cm³/mol. The van der Waals surface area contributed by atoms with Gasteiger partial charge >= 0.3 is 0 Å². The average molecular weight is 322 g/mol. The number of hydrogen-bond acceptors (Lipinski definition) is 2. The number of rotatable bonds is 2. The highest BCUT2D eigenvalue weighted by molar-refractivity contribution is 9.10. The smallest absolute Gasteiger partial charge is 0.107 e. The predicted octanol–water partition coefficient (Wildman–Crippen LogP) is 4.63. The monoisotopic (exact) mass is 320 g/mol. The molecule has 1 N–H and O–H groups in total. The lowest BCUT2D eigenvalue weighted by atomic mass is 10.0. The van der Waals surface area contributed by atoms with Crippen molar-refractivity contribution in [2.75, 3.05) is 0 Å². The highest BCUT2D eigenvalue weighted by Crippen LogP contribution is 2.61. The maximum atomic E-state index is 10.4. The number of fused-ring (bicyclic) bond motifs is 1. The van der Waals surface area contributed by atoms with Gasteiger partial charge in [-0.05, 0) is 52.6 Å². The van der Waals surface area contributed by atoms with Crippen molar-refractivity contribution in [2.45, 2.75) is 31.8 Å². The van der Waals surface area contributed by atoms with Crippen molar-refractivity contribution >= 4 is 38.9 Å². The van der Waals surface area contributed by atoms with Gasteiger partial charge in [0.25, 0.3) is 0 Å². The van der Waals surface area contributed by atoms with Gasteiger partial charge in [0, 0.05) is 9.35 Å². The largest absolute Gasteiger partial charge is 0.387 e. The average Bonchev–Trinajstić information content (AvgIpc) is 2.91. The Labute approximate surface area is 113 Å². The van der Waals surface area contributed by atoms with Crippen molar-refractivity contribution in [3.8, 4) is 0 Å². The Bertz CT molecular complexity index is 374. The Kier molecular flexibility index (Phi) is 3.07. The number of aliphatic hydroxyl groups excluding tert-OH is 1. The minimum atomic E-state index is -0.290. The van der Waals surface area contributed by atoms with Crippen LogP contribution < -0.4 is 0 Å². The Morgan fingerprint density at radius 2 is 2.00 bits per heavy atom. The summed E-state index contributed by atoms with van der Waals surface area (Å²) in [7, 11) is 0. The lowest BCUT2D eigenvalue weighted by molar-refractivity contribution is 0.146. The normalized spacial score (nSPS) is 34.6. The first-order chi connectivity index (χ1) is 7.68. The van der Waals surface area contributed by atoms with E-state index in [-0.39, 0.29) is 6.10 Å². The van der Waals surface area contributed by atoms with Crippen molar-refractivity contribution in [3.05, 3.63) is 19.8 Å². The molecule has 88 valence electrons. The Morgan fingerprint density at radius 1 is 1.38 bits per heavy atom. The molecule has 0 radical (unpaired) electrons. The summed E-state index contributed by atoms with van der Waals surface area (Å²) in [6, 6.07) is 1.97. The third-order valence-electron chi connectivity index (χ3n) is 4.04. The minimum absolute atomic E-state index is 0.290. The van der Waals surface area contributed by atoms with E-state index in [1.54, 1.807) is 0 Å². The molecular formula is C12H14BrClOS. The molecule has 4 heteroatoms. The van der Waals surface area contributed by atoms with Crippen LogP contribution in [0.25, 0.3) is 0 Å². The first-order valence-electron chi connectivity index (χ1n) is 5.81. The van der Waals surface area contributed by atoms with Gasteiger partial charge in [0.1, 0.15) is 4.34 Å². The van der Waals surface area contributed by atoms with Crippen LogP contribution in [0.3, 0.4) is 0 Å². The molecule has 3 unspecified atom stereocenters. The molecule has 0 bridgehead atoms. The van der Waals surface area contributed by atoms with Crippen LogP contribution in [0.1, 0.15) is 36.7 Å². The molecule has 0 aromatic carbocycles. The maximum Gasteiger partial charge on any atom is 0.107 e. The van der Waals surface area contributed by atoms with Gasteiger partial charge in [0.05, 0.1) is 6.10 Å². The summed E-state index contributed by atoms with van der Waals surface area (Å²) < 4.78 is 1.66. The Morgan fingerprint density at radius 3 is 2.50 bits per heavy atom. The Balaban J connectivity index is 1.76. The first kappa shape index (κ1) is 11.5. The summed E-state index contributed by atoms with van der Waals surface area (Å²) in [5.74, 6) is 2.07. The summed E-state index contributed by atoms with van der Waals surface area (Å²) in [4.78, 5) is 1.02. The van der Waals surface area contributed by atoms with Gasteiger partial charge in [-0.3, -0.25) is 0 Å². The molecule has 0 amide bonds. The summed E-state index contributed by atoms with van der Waals surface area (Å²) >= 11 is 10.9. The standard InChI is InChI=1S/C12H14BrClOS/c13-8-5-9(16-12(8)14)11(15)10-6-3-1-2-4-7(6)10/h5-7,10-11,15H,1-4H2. The van der Waals surface area contributed by atoms with Gasteiger partial charge in [-0.15, -0.1) is 11.3 Å². The molecule has 1 aromatic rings. The molecule has 2 aliphatic carbocycles. The van der Waals surface area contributed by atoms with Gasteiger partial charge in [-0.25, -0.2) is 0 Å². The van der Waals surface area contributed by atoms with E-state index in [9.17, 15) is 5.11 Å². The molecule has 1 aromatic heterocycles. The van der Waals surface area contributed by atoms with Crippen LogP contribution in [0.5, 0.6) is 0 Å². The molecule has 3 rings (SSSR count). The van der Waals surface area contributed by atoms with E-state index in [2.05, 4.69) is 15.9 Å². The van der Waals surface area contributed by atoms with E-state index < -0.39 is 0 Å². The highest BCUT2D eigenvalue weighted by Gasteiger charge is 2.54. The van der Waals surface area contributed by atoms with Gasteiger partial charge < -0.3 is 5.11 Å². The van der Waals surface area contributed by atoms with E-state index in [0.29, 0.717) is 5.92 Å². The Hall–Kier alpha value is 0.430. The quantitative estimate of drug-likeness (QED) is 0.841. The molecule has 2 aliphatic rings. The third-order valence-corrected chi connectivity index (χ3v) is 6.59. The molecule has 0 spiro atoms. The fraction of sp³-hybridized carbons (Fsp3) is 0.667. The number of aliphatic hydroxyl groups is 1. The zero-order chi connectivity index (χ0) is 11.3. The second kappa shape index (κ2) is 4.27. The second-order valence-corrected chi connectivity index (χ2v) is 7.44. The topological polar surface area (TPSA) is 20.2 Å². The third kappa shape index (κ3) is 1.86. The molecule has 0 aliphatic heterocycles. The van der Waals surface area contributed by atoms with Gasteiger partial charge in [0.2, 0.25) is 0 Å². The van der Waals surface area contributed by atoms with E-state index in [1.807, 2.05) is 6.07 Å². The van der Waals surface area contributed by atoms with Crippen molar-refractivity contribution in [1.29, 1.82) is 0 Å². The summed E-state index contributed by atoms with van der Waals surface area (Å²) in [6.07, 6.45) is 5.03. The maximum absolute atomic E-state index is 10.4. The number of thiophene rings is 1. The highest BCUT2D eigenvalue weighted by atomic mass is 79.9. The van der Waals surface area contributed by atoms with Crippen molar-refractivity contribution in [2.24, 2.45) is 17.8 Å². The molecule has 2 fully saturated rings. The van der Waals surface area contributed by atoms with Crippen LogP contribution in [0.2, 0.25) is 4.34 Å². The number of hydrogen-bond donors (Lipinski definition) is 1. The zero-order valence-electron chi connectivity index (χ0n) is 8.83. The molecule has 2 saturated carbocycles. The van der Waals surface area contributed by atoms with E-state index in [4.69, 9.17) is 11.6 Å². The van der Waals surface area contributed by atoms with Crippen LogP contribution in [-0.2, 0) is 0 Å². The van der Waals surface area contributed by atoms with Crippen LogP contribution in [0.15, 0.2) is 10.5 Å². The molecule has 3 atom stereocenters. The second-order valence-electron chi connectivity index (χ2n) is 4.90. The van der Waals surface area contributed by atoms with Crippen molar-refractivity contribution in [3.63, 3.8) is 0 Å². The van der Waals surface area contributed by atoms with Gasteiger partial charge in [-0.1, -0.05) is 24.4 Å². The SMILES string of the molecule is OC(c1cc(Br)c(Cl)s1)C1C2CCCCC21. The molecule has 1 heterocycles. The minimum Gasteiger partial charge on any atom is -0.387 e. The molecule has 1 nitrogen and oxygen atoms in total. The van der Waals surface area contributed by atoms with E-state index >= 15 is 0 Å². The molecule has 16 heavy (non-hydrogen) atoms. The van der Waals surface area contributed by atoms with Gasteiger partial charge in [0.15, 0.2) is 0 Å². The van der Waals surface area contributed by atoms with E-state index in [0.717, 1.165) is 25.5 Å². The summed E-state index contributed by atoms with van der Waals surface area (Å²) in [6.45, 7) is 0. The summed E-state index contributed by atoms with van der Waals surface area (Å²) in [5.41, 5.74) is 0. The van der Waals surface area contributed by atoms with Crippen molar-refractivity contribution < 1.29 is 5.11 Å². The lowest BCUT2D eigenvalue weighted by Gasteiger charge is -2.06. The van der Waals surface area contributed by atoms with Crippen LogP contribution in [0, 0.1) is 17.8 Å². The van der Waals surface area contributed by atoms with Crippen LogP contribution >= 0.6 is 38.9 Å². The molecule has 0 saturated heterocycles. The zero-order valence-corrected chi connectivity index (χ0v) is 12.0. The summed E-state index contributed by atoms with van der Waals surface area (Å²) in [5, 5.41) is 10.4. The van der Waals surface area contributed by atoms with Crippen LogP contribution in [-0.4, -0.2) is 5.11 Å². The van der Waals surface area contributed by atoms with Crippen LogP contribution in [0.4, 0.5) is 0 Å². The van der Waals surface area contributed by atoms with Gasteiger partial charge in [-0.2, -0.15) is 0 Å². The fourth-order valence-electron chi connectivity index (χ4n) is 3.21. The lowest BCUT2D eigenvalue weighted by Crippen LogP contribution is -1.99. The van der Waals surface area contributed by atoms with E-state index in [1.165, 1.54) is 37.0 Å². The van der Waals surface area contributed by atoms with Crippen molar-refractivity contribution in [1.82, 2.24) is 0 Å². The number of halogens is 2. The fourth-order valence-corrected chi connectivity index (χ4v) is 5.00. The first-order valence-corrected chi connectivity index (χ1v) is 7.80.